The van der Waals surface area contributed by atoms with E-state index in [4.69, 9.17) is 4.74 Å². The van der Waals surface area contributed by atoms with E-state index in [1.54, 1.807) is 14.2 Å². The molecule has 4 heteroatoms. The largest absolute Gasteiger partial charge is 0.380 e. The van der Waals surface area contributed by atoms with Crippen LogP contribution in [-0.2, 0) is 9.53 Å². The Labute approximate surface area is 92.8 Å². The SMILES string of the molecule is CNC(=O)C(C)(C)CNC(C)C(C)OC. The minimum Gasteiger partial charge on any atom is -0.380 e. The molecular weight excluding hydrogens is 192 g/mol. The summed E-state index contributed by atoms with van der Waals surface area (Å²) >= 11 is 0. The summed E-state index contributed by atoms with van der Waals surface area (Å²) in [6.07, 6.45) is 0.144. The highest BCUT2D eigenvalue weighted by Crippen LogP contribution is 2.13. The average molecular weight is 216 g/mol. The van der Waals surface area contributed by atoms with Gasteiger partial charge in [-0.1, -0.05) is 0 Å². The van der Waals surface area contributed by atoms with Crippen molar-refractivity contribution in [1.29, 1.82) is 0 Å². The molecule has 1 amide bonds. The number of amides is 1. The number of carbonyl (C=O) groups excluding carboxylic acids is 1. The summed E-state index contributed by atoms with van der Waals surface area (Å²) in [5.41, 5.74) is -0.392. The molecule has 0 radical (unpaired) electrons. The van der Waals surface area contributed by atoms with Crippen molar-refractivity contribution in [2.75, 3.05) is 20.7 Å². The Hall–Kier alpha value is -0.610. The van der Waals surface area contributed by atoms with E-state index in [2.05, 4.69) is 10.6 Å². The van der Waals surface area contributed by atoms with Gasteiger partial charge in [0.25, 0.3) is 0 Å². The minimum atomic E-state index is -0.392. The standard InChI is InChI=1S/C11H24N2O2/c1-8(9(2)15-6)13-7-11(3,4)10(14)12-5/h8-9,13H,7H2,1-6H3,(H,12,14). The second-order valence-electron chi connectivity index (χ2n) is 4.57. The van der Waals surface area contributed by atoms with Crippen molar-refractivity contribution in [3.8, 4) is 0 Å². The molecule has 15 heavy (non-hydrogen) atoms. The number of rotatable bonds is 6. The average Bonchev–Trinajstić information content (AvgIpc) is 2.23. The van der Waals surface area contributed by atoms with E-state index in [9.17, 15) is 4.79 Å². The normalized spacial score (nSPS) is 15.9. The Morgan fingerprint density at radius 2 is 1.93 bits per heavy atom. The first-order chi connectivity index (χ1) is 6.85. The van der Waals surface area contributed by atoms with Gasteiger partial charge in [0.2, 0.25) is 5.91 Å². The van der Waals surface area contributed by atoms with Crippen molar-refractivity contribution in [3.05, 3.63) is 0 Å². The molecule has 2 unspecified atom stereocenters. The van der Waals surface area contributed by atoms with Crippen molar-refractivity contribution in [2.45, 2.75) is 39.8 Å². The van der Waals surface area contributed by atoms with Crippen LogP contribution in [0.5, 0.6) is 0 Å². The van der Waals surface area contributed by atoms with Crippen molar-refractivity contribution in [2.24, 2.45) is 5.41 Å². The van der Waals surface area contributed by atoms with Crippen molar-refractivity contribution in [1.82, 2.24) is 10.6 Å². The van der Waals surface area contributed by atoms with Gasteiger partial charge in [0.15, 0.2) is 0 Å². The van der Waals surface area contributed by atoms with Gasteiger partial charge in [-0.25, -0.2) is 0 Å². The van der Waals surface area contributed by atoms with Crippen LogP contribution in [0.25, 0.3) is 0 Å². The van der Waals surface area contributed by atoms with E-state index >= 15 is 0 Å². The molecule has 0 saturated carbocycles. The Balaban J connectivity index is 4.08. The maximum Gasteiger partial charge on any atom is 0.226 e. The molecule has 0 saturated heterocycles. The summed E-state index contributed by atoms with van der Waals surface area (Å²) in [6.45, 7) is 8.53. The number of hydrogen-bond donors (Lipinski definition) is 2. The summed E-state index contributed by atoms with van der Waals surface area (Å²) in [6, 6.07) is 0.235. The molecule has 0 aliphatic rings. The van der Waals surface area contributed by atoms with Gasteiger partial charge in [-0.2, -0.15) is 0 Å². The summed E-state index contributed by atoms with van der Waals surface area (Å²) in [4.78, 5) is 11.5. The molecule has 90 valence electrons. The molecule has 2 N–H and O–H groups in total. The van der Waals surface area contributed by atoms with Crippen LogP contribution >= 0.6 is 0 Å². The monoisotopic (exact) mass is 216 g/mol. The van der Waals surface area contributed by atoms with Crippen LogP contribution in [0.1, 0.15) is 27.7 Å². The van der Waals surface area contributed by atoms with Crippen LogP contribution in [0.3, 0.4) is 0 Å². The van der Waals surface area contributed by atoms with Crippen LogP contribution in [0.15, 0.2) is 0 Å². The van der Waals surface area contributed by atoms with E-state index < -0.39 is 5.41 Å². The third kappa shape index (κ3) is 4.62. The van der Waals surface area contributed by atoms with E-state index in [0.717, 1.165) is 0 Å². The highest BCUT2D eigenvalue weighted by atomic mass is 16.5. The van der Waals surface area contributed by atoms with E-state index in [1.165, 1.54) is 0 Å². The first-order valence-electron chi connectivity index (χ1n) is 5.33. The van der Waals surface area contributed by atoms with Gasteiger partial charge in [-0.05, 0) is 27.7 Å². The Morgan fingerprint density at radius 1 is 1.40 bits per heavy atom. The molecule has 0 fully saturated rings. The van der Waals surface area contributed by atoms with Gasteiger partial charge in [-0.15, -0.1) is 0 Å². The molecule has 0 bridgehead atoms. The number of ether oxygens (including phenoxy) is 1. The molecule has 0 aliphatic carbocycles. The highest BCUT2D eigenvalue weighted by molar-refractivity contribution is 5.81. The van der Waals surface area contributed by atoms with E-state index in [1.807, 2.05) is 27.7 Å². The van der Waals surface area contributed by atoms with Crippen molar-refractivity contribution >= 4 is 5.91 Å². The maximum atomic E-state index is 11.5. The number of methoxy groups -OCH3 is 1. The highest BCUT2D eigenvalue weighted by Gasteiger charge is 2.27. The van der Waals surface area contributed by atoms with E-state index in [-0.39, 0.29) is 18.1 Å². The number of carbonyl (C=O) groups is 1. The first kappa shape index (κ1) is 14.4. The summed E-state index contributed by atoms with van der Waals surface area (Å²) < 4.78 is 5.20. The number of nitrogens with one attached hydrogen (secondary N) is 2. The molecule has 4 nitrogen and oxygen atoms in total. The second-order valence-corrected chi connectivity index (χ2v) is 4.57. The molecule has 0 heterocycles. The molecule has 2 atom stereocenters. The lowest BCUT2D eigenvalue weighted by Gasteiger charge is -2.27. The lowest BCUT2D eigenvalue weighted by molar-refractivity contribution is -0.128. The molecule has 0 aromatic carbocycles. The fourth-order valence-electron chi connectivity index (χ4n) is 1.20. The second kappa shape index (κ2) is 6.08. The smallest absolute Gasteiger partial charge is 0.226 e. The van der Waals surface area contributed by atoms with Gasteiger partial charge in [0.05, 0.1) is 11.5 Å². The molecule has 0 spiro atoms. The van der Waals surface area contributed by atoms with Crippen LogP contribution in [0, 0.1) is 5.41 Å². The van der Waals surface area contributed by atoms with Gasteiger partial charge in [0, 0.05) is 26.7 Å². The van der Waals surface area contributed by atoms with Gasteiger partial charge < -0.3 is 15.4 Å². The molecule has 0 aliphatic heterocycles. The zero-order chi connectivity index (χ0) is 12.1. The van der Waals surface area contributed by atoms with Gasteiger partial charge >= 0.3 is 0 Å². The summed E-state index contributed by atoms with van der Waals surface area (Å²) in [5.74, 6) is 0.0484. The quantitative estimate of drug-likeness (QED) is 0.689. The lowest BCUT2D eigenvalue weighted by Crippen LogP contribution is -2.47. The Kier molecular flexibility index (Phi) is 5.83. The minimum absolute atomic E-state index is 0.0484. The zero-order valence-corrected chi connectivity index (χ0v) is 10.7. The van der Waals surface area contributed by atoms with Crippen LogP contribution in [0.2, 0.25) is 0 Å². The zero-order valence-electron chi connectivity index (χ0n) is 10.7. The Morgan fingerprint density at radius 3 is 2.33 bits per heavy atom. The molecule has 0 aromatic rings. The predicted molar refractivity (Wildman–Crippen MR) is 61.8 cm³/mol. The van der Waals surface area contributed by atoms with Crippen molar-refractivity contribution < 1.29 is 9.53 Å². The summed E-state index contributed by atoms with van der Waals surface area (Å²) in [7, 11) is 3.35. The molecule has 0 rings (SSSR count). The van der Waals surface area contributed by atoms with Crippen LogP contribution < -0.4 is 10.6 Å². The Bertz CT molecular complexity index is 205. The van der Waals surface area contributed by atoms with E-state index in [0.29, 0.717) is 6.54 Å². The maximum absolute atomic E-state index is 11.5. The van der Waals surface area contributed by atoms with Gasteiger partial charge in [-0.3, -0.25) is 4.79 Å². The third-order valence-electron chi connectivity index (χ3n) is 2.78. The predicted octanol–water partition coefficient (Wildman–Crippen LogP) is 0.772. The first-order valence-corrected chi connectivity index (χ1v) is 5.33. The fraction of sp³-hybridized carbons (Fsp3) is 0.909. The third-order valence-corrected chi connectivity index (χ3v) is 2.78. The summed E-state index contributed by atoms with van der Waals surface area (Å²) in [5, 5.41) is 5.96. The lowest BCUT2D eigenvalue weighted by atomic mass is 9.92. The topological polar surface area (TPSA) is 50.4 Å². The van der Waals surface area contributed by atoms with Crippen LogP contribution in [0.4, 0.5) is 0 Å². The van der Waals surface area contributed by atoms with Gasteiger partial charge in [0.1, 0.15) is 0 Å². The molecular formula is C11H24N2O2. The number of hydrogen-bond acceptors (Lipinski definition) is 3. The fourth-order valence-corrected chi connectivity index (χ4v) is 1.20. The van der Waals surface area contributed by atoms with Crippen molar-refractivity contribution in [3.63, 3.8) is 0 Å². The molecule has 0 aromatic heterocycles. The van der Waals surface area contributed by atoms with Crippen LogP contribution in [-0.4, -0.2) is 38.8 Å².